The molecule has 0 bridgehead atoms. The summed E-state index contributed by atoms with van der Waals surface area (Å²) >= 11 is 0. The number of hydrogen-bond acceptors (Lipinski definition) is 5. The Hall–Kier alpha value is -3.39. The number of amides is 2. The summed E-state index contributed by atoms with van der Waals surface area (Å²) in [4.78, 5) is 37.3. The van der Waals surface area contributed by atoms with Crippen molar-refractivity contribution in [2.75, 3.05) is 20.3 Å². The van der Waals surface area contributed by atoms with Gasteiger partial charge in [0.2, 0.25) is 5.91 Å². The molecule has 5 rings (SSSR count). The smallest absolute Gasteiger partial charge is 0.408 e. The molecular weight excluding hydrogens is 448 g/mol. The predicted molar refractivity (Wildman–Crippen MR) is 128 cm³/mol. The summed E-state index contributed by atoms with van der Waals surface area (Å²) in [5.41, 5.74) is 3.51. The Kier molecular flexibility index (Phi) is 6.01. The van der Waals surface area contributed by atoms with E-state index in [0.29, 0.717) is 12.8 Å². The number of ether oxygens (including phenoxy) is 2. The third kappa shape index (κ3) is 4.16. The van der Waals surface area contributed by atoms with Gasteiger partial charge in [0.15, 0.2) is 6.10 Å². The van der Waals surface area contributed by atoms with Gasteiger partial charge >= 0.3 is 12.1 Å². The molecular formula is C27H30N2O6. The van der Waals surface area contributed by atoms with Gasteiger partial charge < -0.3 is 25.2 Å². The maximum atomic E-state index is 13.1. The van der Waals surface area contributed by atoms with Crippen LogP contribution in [0.5, 0.6) is 0 Å². The number of aliphatic carboxylic acids is 1. The molecule has 2 aromatic carbocycles. The largest absolute Gasteiger partial charge is 0.479 e. The maximum Gasteiger partial charge on any atom is 0.408 e. The normalized spacial score (nSPS) is 19.5. The van der Waals surface area contributed by atoms with E-state index in [2.05, 4.69) is 34.9 Å². The van der Waals surface area contributed by atoms with Crippen molar-refractivity contribution in [2.45, 2.75) is 49.7 Å². The fraction of sp³-hybridized carbons (Fsp3) is 0.444. The zero-order valence-electron chi connectivity index (χ0n) is 19.7. The Labute approximate surface area is 204 Å². The van der Waals surface area contributed by atoms with Crippen LogP contribution in [0.4, 0.5) is 4.79 Å². The van der Waals surface area contributed by atoms with Gasteiger partial charge in [-0.25, -0.2) is 9.59 Å². The SMILES string of the molecule is COC(CNC(=O)C1(NC(=O)OCC2c3ccccc3-c3ccccc32)CC2(CCC2)C1)C(=O)O. The van der Waals surface area contributed by atoms with Crippen LogP contribution >= 0.6 is 0 Å². The number of carbonyl (C=O) groups is 3. The molecule has 0 aliphatic heterocycles. The van der Waals surface area contributed by atoms with Gasteiger partial charge in [0.1, 0.15) is 12.1 Å². The maximum absolute atomic E-state index is 13.1. The van der Waals surface area contributed by atoms with Crippen molar-refractivity contribution < 1.29 is 29.0 Å². The third-order valence-electron chi connectivity index (χ3n) is 7.90. The van der Waals surface area contributed by atoms with Crippen LogP contribution in [0.25, 0.3) is 11.1 Å². The molecule has 0 aromatic heterocycles. The number of carboxylic acid groups (broad SMARTS) is 1. The molecule has 184 valence electrons. The van der Waals surface area contributed by atoms with Gasteiger partial charge in [0.25, 0.3) is 0 Å². The first-order valence-corrected chi connectivity index (χ1v) is 12.0. The highest BCUT2D eigenvalue weighted by atomic mass is 16.5. The van der Waals surface area contributed by atoms with Crippen molar-refractivity contribution in [2.24, 2.45) is 5.41 Å². The number of fused-ring (bicyclic) bond motifs is 3. The number of nitrogens with one attached hydrogen (secondary N) is 2. The van der Waals surface area contributed by atoms with Crippen LogP contribution in [0.3, 0.4) is 0 Å². The molecule has 0 saturated heterocycles. The van der Waals surface area contributed by atoms with Crippen LogP contribution in [-0.2, 0) is 19.1 Å². The zero-order valence-corrected chi connectivity index (χ0v) is 19.7. The Morgan fingerprint density at radius 1 is 1.03 bits per heavy atom. The summed E-state index contributed by atoms with van der Waals surface area (Å²) < 4.78 is 10.6. The number of alkyl carbamates (subject to hydrolysis) is 1. The van der Waals surface area contributed by atoms with Crippen LogP contribution in [-0.4, -0.2) is 55.0 Å². The standard InChI is InChI=1S/C27H30N2O6/c1-34-22(23(30)31)13-28-24(32)27(15-26(16-27)11-6-12-26)29-25(33)35-14-21-19-9-4-2-7-17(19)18-8-3-5-10-20(18)21/h2-5,7-10,21-22H,6,11-16H2,1H3,(H,28,32)(H,29,33)(H,30,31). The molecule has 8 heteroatoms. The van der Waals surface area contributed by atoms with Crippen molar-refractivity contribution >= 4 is 18.0 Å². The first-order valence-electron chi connectivity index (χ1n) is 12.0. The molecule has 1 spiro atoms. The first kappa shape index (κ1) is 23.4. The van der Waals surface area contributed by atoms with Crippen molar-refractivity contribution in [1.82, 2.24) is 10.6 Å². The van der Waals surface area contributed by atoms with Crippen molar-refractivity contribution in [1.29, 1.82) is 0 Å². The summed E-state index contributed by atoms with van der Waals surface area (Å²) in [5.74, 6) is -1.63. The summed E-state index contributed by atoms with van der Waals surface area (Å²) in [7, 11) is 1.28. The molecule has 35 heavy (non-hydrogen) atoms. The molecule has 2 amide bonds. The van der Waals surface area contributed by atoms with Gasteiger partial charge in [-0.15, -0.1) is 0 Å². The lowest BCUT2D eigenvalue weighted by Crippen LogP contribution is -2.70. The van der Waals surface area contributed by atoms with Gasteiger partial charge in [-0.1, -0.05) is 55.0 Å². The molecule has 0 radical (unpaired) electrons. The Morgan fingerprint density at radius 3 is 2.14 bits per heavy atom. The molecule has 2 aromatic rings. The third-order valence-corrected chi connectivity index (χ3v) is 7.90. The van der Waals surface area contributed by atoms with Gasteiger partial charge in [-0.05, 0) is 53.4 Å². The van der Waals surface area contributed by atoms with E-state index in [1.54, 1.807) is 0 Å². The second-order valence-corrected chi connectivity index (χ2v) is 10.0. The van der Waals surface area contributed by atoms with E-state index < -0.39 is 29.6 Å². The molecule has 8 nitrogen and oxygen atoms in total. The van der Waals surface area contributed by atoms with E-state index in [0.717, 1.165) is 41.5 Å². The molecule has 1 atom stereocenters. The van der Waals surface area contributed by atoms with Gasteiger partial charge in [-0.2, -0.15) is 0 Å². The van der Waals surface area contributed by atoms with Crippen LogP contribution < -0.4 is 10.6 Å². The highest BCUT2D eigenvalue weighted by molar-refractivity contribution is 5.92. The fourth-order valence-corrected chi connectivity index (χ4v) is 6.02. The van der Waals surface area contributed by atoms with Crippen LogP contribution in [0, 0.1) is 5.41 Å². The van der Waals surface area contributed by atoms with E-state index in [4.69, 9.17) is 9.47 Å². The second-order valence-electron chi connectivity index (χ2n) is 10.0. The van der Waals surface area contributed by atoms with Gasteiger partial charge in [-0.3, -0.25) is 4.79 Å². The Morgan fingerprint density at radius 2 is 1.63 bits per heavy atom. The lowest BCUT2D eigenvalue weighted by molar-refractivity contribution is -0.150. The summed E-state index contributed by atoms with van der Waals surface area (Å²) in [6.07, 6.45) is 2.45. The van der Waals surface area contributed by atoms with E-state index in [9.17, 15) is 19.5 Å². The predicted octanol–water partition coefficient (Wildman–Crippen LogP) is 3.44. The molecule has 3 aliphatic rings. The van der Waals surface area contributed by atoms with E-state index in [-0.39, 0.29) is 24.5 Å². The molecule has 2 fully saturated rings. The average molecular weight is 479 g/mol. The molecule has 3 N–H and O–H groups in total. The van der Waals surface area contributed by atoms with E-state index in [1.165, 1.54) is 7.11 Å². The summed E-state index contributed by atoms with van der Waals surface area (Å²) in [6, 6.07) is 16.2. The van der Waals surface area contributed by atoms with Crippen LogP contribution in [0.2, 0.25) is 0 Å². The topological polar surface area (TPSA) is 114 Å². The minimum atomic E-state index is -1.16. The van der Waals surface area contributed by atoms with E-state index >= 15 is 0 Å². The number of hydrogen-bond donors (Lipinski definition) is 3. The number of methoxy groups -OCH3 is 1. The number of rotatable bonds is 8. The Bertz CT molecular complexity index is 1100. The number of carboxylic acids is 1. The highest BCUT2D eigenvalue weighted by Gasteiger charge is 2.61. The second kappa shape index (κ2) is 9.00. The van der Waals surface area contributed by atoms with Crippen molar-refractivity contribution in [3.63, 3.8) is 0 Å². The minimum absolute atomic E-state index is 0.0738. The Balaban J connectivity index is 1.26. The summed E-state index contributed by atoms with van der Waals surface area (Å²) in [6.45, 7) is -0.0146. The molecule has 2 saturated carbocycles. The quantitative estimate of drug-likeness (QED) is 0.536. The molecule has 1 unspecified atom stereocenters. The van der Waals surface area contributed by atoms with Gasteiger partial charge in [0.05, 0.1) is 6.54 Å². The van der Waals surface area contributed by atoms with Crippen molar-refractivity contribution in [3.8, 4) is 11.1 Å². The molecule has 3 aliphatic carbocycles. The lowest BCUT2D eigenvalue weighted by Gasteiger charge is -2.59. The van der Waals surface area contributed by atoms with Crippen LogP contribution in [0.1, 0.15) is 49.1 Å². The monoisotopic (exact) mass is 478 g/mol. The zero-order chi connectivity index (χ0) is 24.6. The summed E-state index contributed by atoms with van der Waals surface area (Å²) in [5, 5.41) is 14.7. The highest BCUT2D eigenvalue weighted by Crippen LogP contribution is 2.60. The fourth-order valence-electron chi connectivity index (χ4n) is 6.02. The lowest BCUT2D eigenvalue weighted by atomic mass is 9.48. The average Bonchev–Trinajstić information content (AvgIpc) is 3.12. The molecule has 0 heterocycles. The number of benzene rings is 2. The number of carbonyl (C=O) groups excluding carboxylic acids is 2. The minimum Gasteiger partial charge on any atom is -0.479 e. The van der Waals surface area contributed by atoms with Crippen molar-refractivity contribution in [3.05, 3.63) is 59.7 Å². The van der Waals surface area contributed by atoms with Gasteiger partial charge in [0, 0.05) is 13.0 Å². The first-order chi connectivity index (χ1) is 16.9. The van der Waals surface area contributed by atoms with Crippen LogP contribution in [0.15, 0.2) is 48.5 Å². The van der Waals surface area contributed by atoms with E-state index in [1.807, 2.05) is 24.3 Å².